The third-order valence-corrected chi connectivity index (χ3v) is 5.13. The van der Waals surface area contributed by atoms with Crippen molar-refractivity contribution in [3.8, 4) is 6.07 Å². The van der Waals surface area contributed by atoms with Crippen molar-refractivity contribution in [2.75, 3.05) is 7.05 Å². The second-order valence-corrected chi connectivity index (χ2v) is 6.47. The quantitative estimate of drug-likeness (QED) is 0.622. The Bertz CT molecular complexity index is 691. The van der Waals surface area contributed by atoms with Crippen LogP contribution in [0.1, 0.15) is 18.1 Å². The lowest BCUT2D eigenvalue weighted by atomic mass is 10.1. The van der Waals surface area contributed by atoms with Crippen molar-refractivity contribution in [1.82, 2.24) is 4.31 Å². The van der Waals surface area contributed by atoms with Crippen LogP contribution in [0.5, 0.6) is 0 Å². The minimum atomic E-state index is -3.94. The fourth-order valence-electron chi connectivity index (χ4n) is 1.60. The van der Waals surface area contributed by atoms with Gasteiger partial charge in [-0.2, -0.15) is 9.57 Å². The van der Waals surface area contributed by atoms with Crippen molar-refractivity contribution in [2.24, 2.45) is 0 Å². The molecule has 0 bridgehead atoms. The van der Waals surface area contributed by atoms with Gasteiger partial charge >= 0.3 is 0 Å². The van der Waals surface area contributed by atoms with Crippen molar-refractivity contribution in [3.63, 3.8) is 0 Å². The van der Waals surface area contributed by atoms with E-state index in [1.807, 2.05) is 6.07 Å². The van der Waals surface area contributed by atoms with Gasteiger partial charge in [-0.05, 0) is 32.4 Å². The average molecular weight is 297 g/mol. The molecule has 0 aliphatic carbocycles. The third-order valence-electron chi connectivity index (χ3n) is 3.22. The first-order valence-electron chi connectivity index (χ1n) is 5.76. The van der Waals surface area contributed by atoms with Crippen molar-refractivity contribution < 1.29 is 13.3 Å². The molecule has 20 heavy (non-hydrogen) atoms. The summed E-state index contributed by atoms with van der Waals surface area (Å²) in [5, 5.41) is 19.8. The first-order valence-corrected chi connectivity index (χ1v) is 7.20. The van der Waals surface area contributed by atoms with Crippen molar-refractivity contribution >= 4 is 15.7 Å². The number of aryl methyl sites for hydroxylation is 1. The zero-order valence-electron chi connectivity index (χ0n) is 11.6. The lowest BCUT2D eigenvalue weighted by Crippen LogP contribution is -2.34. The molecule has 0 saturated carbocycles. The smallest absolute Gasteiger partial charge is 0.258 e. The first kappa shape index (κ1) is 16.1. The summed E-state index contributed by atoms with van der Waals surface area (Å²) >= 11 is 0. The summed E-state index contributed by atoms with van der Waals surface area (Å²) in [5.74, 6) is 0. The molecule has 0 fully saturated rings. The minimum Gasteiger partial charge on any atom is -0.258 e. The Morgan fingerprint density at radius 2 is 1.95 bits per heavy atom. The molecule has 1 rings (SSSR count). The highest BCUT2D eigenvalue weighted by molar-refractivity contribution is 7.89. The average Bonchev–Trinajstić information content (AvgIpc) is 2.39. The molecule has 0 aliphatic heterocycles. The van der Waals surface area contributed by atoms with E-state index in [4.69, 9.17) is 5.26 Å². The summed E-state index contributed by atoms with van der Waals surface area (Å²) in [7, 11) is -2.67. The molecule has 1 aromatic rings. The minimum absolute atomic E-state index is 0.183. The standard InChI is InChI=1S/C12H15N3O4S/c1-8-5-11(6-12(10(8)3)15(16)17)20(18,19)14(4)9(2)7-13/h5-6,9H,1-4H3. The first-order chi connectivity index (χ1) is 9.12. The van der Waals surface area contributed by atoms with Gasteiger partial charge in [0.1, 0.15) is 6.04 Å². The summed E-state index contributed by atoms with van der Waals surface area (Å²) < 4.78 is 25.5. The Balaban J connectivity index is 3.49. The molecule has 0 aliphatic rings. The molecule has 7 nitrogen and oxygen atoms in total. The summed E-state index contributed by atoms with van der Waals surface area (Å²) in [5.41, 5.74) is 0.683. The molecule has 0 radical (unpaired) electrons. The molecule has 1 unspecified atom stereocenters. The number of hydrogen-bond donors (Lipinski definition) is 0. The summed E-state index contributed by atoms with van der Waals surface area (Å²) in [4.78, 5) is 10.2. The Hall–Kier alpha value is -1.98. The van der Waals surface area contributed by atoms with Crippen LogP contribution in [0, 0.1) is 35.3 Å². The molecule has 0 heterocycles. The molecular weight excluding hydrogens is 282 g/mol. The summed E-state index contributed by atoms with van der Waals surface area (Å²) in [6.45, 7) is 4.60. The number of rotatable bonds is 4. The molecule has 8 heteroatoms. The number of nitriles is 1. The topological polar surface area (TPSA) is 104 Å². The van der Waals surface area contributed by atoms with Crippen LogP contribution < -0.4 is 0 Å². The van der Waals surface area contributed by atoms with E-state index in [1.54, 1.807) is 13.8 Å². The van der Waals surface area contributed by atoms with Gasteiger partial charge in [0.25, 0.3) is 5.69 Å². The second kappa shape index (κ2) is 5.56. The Morgan fingerprint density at radius 3 is 2.40 bits per heavy atom. The highest BCUT2D eigenvalue weighted by Gasteiger charge is 2.28. The van der Waals surface area contributed by atoms with Gasteiger partial charge in [-0.25, -0.2) is 8.42 Å². The summed E-state index contributed by atoms with van der Waals surface area (Å²) in [6, 6.07) is 3.36. The molecular formula is C12H15N3O4S. The van der Waals surface area contributed by atoms with E-state index < -0.39 is 21.0 Å². The zero-order chi connectivity index (χ0) is 15.7. The van der Waals surface area contributed by atoms with E-state index in [-0.39, 0.29) is 10.6 Å². The van der Waals surface area contributed by atoms with E-state index in [1.165, 1.54) is 20.0 Å². The second-order valence-electron chi connectivity index (χ2n) is 4.47. The number of nitrogens with zero attached hydrogens (tertiary/aromatic N) is 3. The molecule has 0 N–H and O–H groups in total. The Kier molecular flexibility index (Phi) is 4.47. The normalized spacial score (nSPS) is 13.0. The number of nitro groups is 1. The van der Waals surface area contributed by atoms with Crippen molar-refractivity contribution in [1.29, 1.82) is 5.26 Å². The van der Waals surface area contributed by atoms with Gasteiger partial charge < -0.3 is 0 Å². The third kappa shape index (κ3) is 2.79. The van der Waals surface area contributed by atoms with E-state index in [0.29, 0.717) is 11.1 Å². The number of hydrogen-bond acceptors (Lipinski definition) is 5. The Morgan fingerprint density at radius 1 is 1.40 bits per heavy atom. The van der Waals surface area contributed by atoms with Gasteiger partial charge in [-0.15, -0.1) is 0 Å². The monoisotopic (exact) mass is 297 g/mol. The Labute approximate surface area is 117 Å². The van der Waals surface area contributed by atoms with E-state index in [9.17, 15) is 18.5 Å². The van der Waals surface area contributed by atoms with Gasteiger partial charge in [-0.3, -0.25) is 10.1 Å². The van der Waals surface area contributed by atoms with Gasteiger partial charge in [0.05, 0.1) is 15.9 Å². The molecule has 1 aromatic carbocycles. The predicted octanol–water partition coefficient (Wildman–Crippen LogP) is 1.74. The van der Waals surface area contributed by atoms with E-state index in [2.05, 4.69) is 0 Å². The number of benzene rings is 1. The van der Waals surface area contributed by atoms with Gasteiger partial charge in [0.2, 0.25) is 10.0 Å². The largest absolute Gasteiger partial charge is 0.273 e. The lowest BCUT2D eigenvalue weighted by molar-refractivity contribution is -0.385. The van der Waals surface area contributed by atoms with Crippen LogP contribution in [-0.4, -0.2) is 30.7 Å². The maximum atomic E-state index is 12.3. The molecule has 0 saturated heterocycles. The lowest BCUT2D eigenvalue weighted by Gasteiger charge is -2.19. The molecule has 0 aromatic heterocycles. The van der Waals surface area contributed by atoms with Gasteiger partial charge in [0, 0.05) is 18.7 Å². The van der Waals surface area contributed by atoms with Crippen LogP contribution in [0.25, 0.3) is 0 Å². The van der Waals surface area contributed by atoms with E-state index in [0.717, 1.165) is 10.4 Å². The van der Waals surface area contributed by atoms with Crippen LogP contribution in [0.3, 0.4) is 0 Å². The summed E-state index contributed by atoms with van der Waals surface area (Å²) in [6.07, 6.45) is 0. The van der Waals surface area contributed by atoms with Crippen molar-refractivity contribution in [2.45, 2.75) is 31.7 Å². The maximum Gasteiger partial charge on any atom is 0.273 e. The van der Waals surface area contributed by atoms with Gasteiger partial charge in [-0.1, -0.05) is 0 Å². The fourth-order valence-corrected chi connectivity index (χ4v) is 2.98. The molecule has 0 spiro atoms. The highest BCUT2D eigenvalue weighted by atomic mass is 32.2. The molecule has 0 amide bonds. The predicted molar refractivity (Wildman–Crippen MR) is 72.6 cm³/mol. The van der Waals surface area contributed by atoms with E-state index >= 15 is 0 Å². The SMILES string of the molecule is Cc1cc(S(=O)(=O)N(C)C(C)C#N)cc([N+](=O)[O-])c1C. The number of nitro benzene ring substituents is 1. The number of sulfonamides is 1. The molecule has 1 atom stereocenters. The van der Waals surface area contributed by atoms with Crippen LogP contribution in [0.15, 0.2) is 17.0 Å². The zero-order valence-corrected chi connectivity index (χ0v) is 12.4. The van der Waals surface area contributed by atoms with Gasteiger partial charge in [0.15, 0.2) is 0 Å². The maximum absolute atomic E-state index is 12.3. The van der Waals surface area contributed by atoms with Crippen LogP contribution >= 0.6 is 0 Å². The highest BCUT2D eigenvalue weighted by Crippen LogP contribution is 2.27. The van der Waals surface area contributed by atoms with Crippen LogP contribution in [-0.2, 0) is 10.0 Å². The fraction of sp³-hybridized carbons (Fsp3) is 0.417. The van der Waals surface area contributed by atoms with Crippen LogP contribution in [0.4, 0.5) is 5.69 Å². The van der Waals surface area contributed by atoms with Crippen molar-refractivity contribution in [3.05, 3.63) is 33.4 Å². The molecule has 108 valence electrons. The van der Waals surface area contributed by atoms with Crippen LogP contribution in [0.2, 0.25) is 0 Å².